The topological polar surface area (TPSA) is 95.9 Å². The molecule has 0 aromatic heterocycles. The SMILES string of the molecule is CC/C=C/C/C=C/C/C=C/CCCCCCCCC(=O)OC(CCCCCCCCCCCCCCCCCCC)CC(=O)NC(CO)C(O)CCCCCCCCCCCCCCCCC. The molecular formula is C61H115NO5. The number of esters is 1. The fraction of sp³-hybridized carbons (Fsp3) is 0.869. The summed E-state index contributed by atoms with van der Waals surface area (Å²) >= 11 is 0. The summed E-state index contributed by atoms with van der Waals surface area (Å²) in [6.45, 7) is 6.42. The van der Waals surface area contributed by atoms with E-state index in [4.69, 9.17) is 4.74 Å². The Morgan fingerprint density at radius 3 is 1.22 bits per heavy atom. The highest BCUT2D eigenvalue weighted by Gasteiger charge is 2.24. The third kappa shape index (κ3) is 50.3. The molecule has 3 N–H and O–H groups in total. The van der Waals surface area contributed by atoms with Gasteiger partial charge in [0.25, 0.3) is 0 Å². The van der Waals surface area contributed by atoms with Crippen molar-refractivity contribution in [2.75, 3.05) is 6.61 Å². The molecule has 67 heavy (non-hydrogen) atoms. The number of unbranched alkanes of at least 4 members (excludes halogenated alkanes) is 36. The summed E-state index contributed by atoms with van der Waals surface area (Å²) in [5, 5.41) is 23.9. The number of carbonyl (C=O) groups is 2. The van der Waals surface area contributed by atoms with Crippen molar-refractivity contribution >= 4 is 11.9 Å². The Bertz CT molecular complexity index is 1100. The lowest BCUT2D eigenvalue weighted by Gasteiger charge is -2.24. The van der Waals surface area contributed by atoms with Gasteiger partial charge < -0.3 is 20.3 Å². The number of hydrogen-bond donors (Lipinski definition) is 3. The molecule has 0 aliphatic carbocycles. The van der Waals surface area contributed by atoms with Crippen LogP contribution in [0.25, 0.3) is 0 Å². The standard InChI is InChI=1S/C61H115NO5/c1-4-7-10-13-16-19-22-25-28-30-32-34-37-40-43-46-49-52-57(67-61(66)54-51-48-45-42-39-36-33-29-26-23-20-17-14-11-8-5-2)55-60(65)62-58(56-63)59(64)53-50-47-44-41-38-35-31-27-24-21-18-15-12-9-6-3/h8,11,17,20,26,29,57-59,63-64H,4-7,9-10,12-16,18-19,21-25,27-28,30-56H2,1-3H3,(H,62,65)/b11-8+,20-17+,29-26+. The van der Waals surface area contributed by atoms with E-state index in [-0.39, 0.29) is 24.9 Å². The molecule has 3 unspecified atom stereocenters. The first kappa shape index (κ1) is 65.1. The minimum Gasteiger partial charge on any atom is -0.462 e. The van der Waals surface area contributed by atoms with Crippen LogP contribution in [0.3, 0.4) is 0 Å². The lowest BCUT2D eigenvalue weighted by Crippen LogP contribution is -2.46. The maximum Gasteiger partial charge on any atom is 0.306 e. The van der Waals surface area contributed by atoms with Crippen molar-refractivity contribution in [3.8, 4) is 0 Å². The molecule has 1 amide bonds. The molecular weight excluding hydrogens is 827 g/mol. The molecule has 0 spiro atoms. The summed E-state index contributed by atoms with van der Waals surface area (Å²) in [7, 11) is 0. The van der Waals surface area contributed by atoms with Gasteiger partial charge in [-0.25, -0.2) is 0 Å². The van der Waals surface area contributed by atoms with Crippen molar-refractivity contribution in [3.63, 3.8) is 0 Å². The van der Waals surface area contributed by atoms with Gasteiger partial charge in [0.05, 0.1) is 25.2 Å². The molecule has 6 heteroatoms. The first-order chi connectivity index (χ1) is 33.0. The van der Waals surface area contributed by atoms with Gasteiger partial charge in [-0.1, -0.05) is 282 Å². The third-order valence-corrected chi connectivity index (χ3v) is 13.7. The molecule has 3 atom stereocenters. The first-order valence-electron chi connectivity index (χ1n) is 29.7. The minimum atomic E-state index is -0.788. The molecule has 0 fully saturated rings. The van der Waals surface area contributed by atoms with E-state index in [1.807, 2.05) is 0 Å². The molecule has 0 aromatic rings. The number of carbonyl (C=O) groups excluding carboxylic acids is 2. The molecule has 0 bridgehead atoms. The van der Waals surface area contributed by atoms with E-state index < -0.39 is 18.2 Å². The summed E-state index contributed by atoms with van der Waals surface area (Å²) < 4.78 is 5.97. The van der Waals surface area contributed by atoms with Crippen LogP contribution in [0.5, 0.6) is 0 Å². The molecule has 0 heterocycles. The van der Waals surface area contributed by atoms with Crippen LogP contribution < -0.4 is 5.32 Å². The molecule has 0 aliphatic heterocycles. The summed E-state index contributed by atoms with van der Waals surface area (Å²) in [5.74, 6) is -0.470. The number of allylic oxidation sites excluding steroid dienone is 6. The highest BCUT2D eigenvalue weighted by atomic mass is 16.5. The number of hydrogen-bond acceptors (Lipinski definition) is 5. The number of ether oxygens (including phenoxy) is 1. The second-order valence-corrected chi connectivity index (χ2v) is 20.4. The molecule has 0 rings (SSSR count). The van der Waals surface area contributed by atoms with E-state index in [1.54, 1.807) is 0 Å². The van der Waals surface area contributed by atoms with Gasteiger partial charge in [-0.2, -0.15) is 0 Å². The minimum absolute atomic E-state index is 0.0772. The van der Waals surface area contributed by atoms with E-state index >= 15 is 0 Å². The molecule has 0 saturated carbocycles. The van der Waals surface area contributed by atoms with Crippen molar-refractivity contribution in [1.82, 2.24) is 5.32 Å². The predicted octanol–water partition coefficient (Wildman–Crippen LogP) is 18.4. The molecule has 0 saturated heterocycles. The van der Waals surface area contributed by atoms with Crippen LogP contribution >= 0.6 is 0 Å². The Kier molecular flexibility index (Phi) is 53.4. The van der Waals surface area contributed by atoms with Crippen molar-refractivity contribution in [2.24, 2.45) is 0 Å². The fourth-order valence-electron chi connectivity index (χ4n) is 9.27. The van der Waals surface area contributed by atoms with E-state index in [0.29, 0.717) is 19.3 Å². The van der Waals surface area contributed by atoms with Gasteiger partial charge in [-0.3, -0.25) is 9.59 Å². The Labute approximate surface area is 417 Å². The second-order valence-electron chi connectivity index (χ2n) is 20.4. The van der Waals surface area contributed by atoms with Gasteiger partial charge in [-0.05, 0) is 57.8 Å². The molecule has 6 nitrogen and oxygen atoms in total. The fourth-order valence-corrected chi connectivity index (χ4v) is 9.27. The number of rotatable bonds is 54. The zero-order valence-corrected chi connectivity index (χ0v) is 45.0. The van der Waals surface area contributed by atoms with Crippen LogP contribution in [0.4, 0.5) is 0 Å². The average Bonchev–Trinajstić information content (AvgIpc) is 3.32. The van der Waals surface area contributed by atoms with Crippen LogP contribution in [0.2, 0.25) is 0 Å². The Morgan fingerprint density at radius 2 is 0.806 bits per heavy atom. The summed E-state index contributed by atoms with van der Waals surface area (Å²) in [4.78, 5) is 26.3. The van der Waals surface area contributed by atoms with Gasteiger partial charge >= 0.3 is 5.97 Å². The predicted molar refractivity (Wildman–Crippen MR) is 292 cm³/mol. The van der Waals surface area contributed by atoms with Crippen molar-refractivity contribution in [1.29, 1.82) is 0 Å². The Morgan fingerprint density at radius 1 is 0.448 bits per heavy atom. The molecule has 0 radical (unpaired) electrons. The smallest absolute Gasteiger partial charge is 0.306 e. The van der Waals surface area contributed by atoms with E-state index in [2.05, 4.69) is 62.5 Å². The van der Waals surface area contributed by atoms with Crippen LogP contribution in [0, 0.1) is 0 Å². The van der Waals surface area contributed by atoms with Crippen LogP contribution in [0.1, 0.15) is 316 Å². The van der Waals surface area contributed by atoms with Crippen LogP contribution in [-0.2, 0) is 14.3 Å². The van der Waals surface area contributed by atoms with Gasteiger partial charge in [0.2, 0.25) is 5.91 Å². The number of amides is 1. The largest absolute Gasteiger partial charge is 0.462 e. The number of nitrogens with one attached hydrogen (secondary N) is 1. The van der Waals surface area contributed by atoms with Gasteiger partial charge in [-0.15, -0.1) is 0 Å². The van der Waals surface area contributed by atoms with Gasteiger partial charge in [0, 0.05) is 6.42 Å². The molecule has 0 aromatic carbocycles. The Balaban J connectivity index is 4.54. The van der Waals surface area contributed by atoms with E-state index in [0.717, 1.165) is 70.6 Å². The molecule has 0 aliphatic rings. The number of aliphatic hydroxyl groups excluding tert-OH is 2. The van der Waals surface area contributed by atoms with Crippen molar-refractivity contribution in [3.05, 3.63) is 36.5 Å². The number of aliphatic hydroxyl groups is 2. The normalized spacial score (nSPS) is 13.3. The van der Waals surface area contributed by atoms with Crippen molar-refractivity contribution in [2.45, 2.75) is 334 Å². The maximum atomic E-state index is 13.3. The zero-order chi connectivity index (χ0) is 48.8. The van der Waals surface area contributed by atoms with Gasteiger partial charge in [0.15, 0.2) is 0 Å². The summed E-state index contributed by atoms with van der Waals surface area (Å²) in [6, 6.07) is -0.702. The molecule has 394 valence electrons. The van der Waals surface area contributed by atoms with E-state index in [9.17, 15) is 19.8 Å². The van der Waals surface area contributed by atoms with Crippen LogP contribution in [0.15, 0.2) is 36.5 Å². The monoisotopic (exact) mass is 942 g/mol. The third-order valence-electron chi connectivity index (χ3n) is 13.7. The van der Waals surface area contributed by atoms with Gasteiger partial charge in [0.1, 0.15) is 6.10 Å². The quantitative estimate of drug-likeness (QED) is 0.0321. The zero-order valence-electron chi connectivity index (χ0n) is 45.0. The first-order valence-corrected chi connectivity index (χ1v) is 29.7. The lowest BCUT2D eigenvalue weighted by molar-refractivity contribution is -0.151. The van der Waals surface area contributed by atoms with Crippen molar-refractivity contribution < 1.29 is 24.5 Å². The van der Waals surface area contributed by atoms with E-state index in [1.165, 1.54) is 199 Å². The summed E-state index contributed by atoms with van der Waals surface area (Å²) in [5.41, 5.74) is 0. The average molecular weight is 943 g/mol. The highest BCUT2D eigenvalue weighted by Crippen LogP contribution is 2.19. The maximum absolute atomic E-state index is 13.3. The summed E-state index contributed by atoms with van der Waals surface area (Å²) in [6.07, 6.45) is 66.4. The van der Waals surface area contributed by atoms with Crippen LogP contribution in [-0.4, -0.2) is 46.9 Å². The Hall–Kier alpha value is -1.92. The lowest BCUT2D eigenvalue weighted by atomic mass is 10.0. The highest BCUT2D eigenvalue weighted by molar-refractivity contribution is 5.77. The second kappa shape index (κ2) is 55.0.